The van der Waals surface area contributed by atoms with Crippen LogP contribution in [-0.4, -0.2) is 23.4 Å². The van der Waals surface area contributed by atoms with Crippen LogP contribution in [-0.2, 0) is 0 Å². The standard InChI is InChI=1S/C13H14F2N2O/c1-9(2)17(5-3-4-16)13(18)10-6-11(14)8-12(15)7-10/h6-9H,3,5H2,1-2H3. The van der Waals surface area contributed by atoms with Gasteiger partial charge in [0.25, 0.3) is 5.91 Å². The molecule has 0 saturated heterocycles. The van der Waals surface area contributed by atoms with Crippen LogP contribution in [0, 0.1) is 23.0 Å². The average Bonchev–Trinajstić information content (AvgIpc) is 2.27. The third kappa shape index (κ3) is 3.52. The van der Waals surface area contributed by atoms with Crippen molar-refractivity contribution in [3.63, 3.8) is 0 Å². The molecular formula is C13H14F2N2O. The molecule has 0 unspecified atom stereocenters. The molecule has 0 aliphatic carbocycles. The van der Waals surface area contributed by atoms with Crippen LogP contribution in [0.15, 0.2) is 18.2 Å². The number of carbonyl (C=O) groups is 1. The van der Waals surface area contributed by atoms with Crippen molar-refractivity contribution in [1.29, 1.82) is 5.26 Å². The quantitative estimate of drug-likeness (QED) is 0.827. The molecule has 3 nitrogen and oxygen atoms in total. The van der Waals surface area contributed by atoms with Gasteiger partial charge in [0, 0.05) is 24.2 Å². The molecule has 0 spiro atoms. The van der Waals surface area contributed by atoms with Crippen molar-refractivity contribution in [3.05, 3.63) is 35.4 Å². The summed E-state index contributed by atoms with van der Waals surface area (Å²) >= 11 is 0. The molecule has 0 fully saturated rings. The highest BCUT2D eigenvalue weighted by atomic mass is 19.1. The summed E-state index contributed by atoms with van der Waals surface area (Å²) in [5.74, 6) is -2.05. The van der Waals surface area contributed by atoms with E-state index in [9.17, 15) is 13.6 Å². The third-order valence-electron chi connectivity index (χ3n) is 2.46. The van der Waals surface area contributed by atoms with Crippen LogP contribution in [0.3, 0.4) is 0 Å². The van der Waals surface area contributed by atoms with Crippen molar-refractivity contribution in [2.45, 2.75) is 26.3 Å². The Morgan fingerprint density at radius 2 is 1.89 bits per heavy atom. The first-order valence-corrected chi connectivity index (χ1v) is 5.59. The van der Waals surface area contributed by atoms with Gasteiger partial charge in [-0.2, -0.15) is 5.26 Å². The average molecular weight is 252 g/mol. The fraction of sp³-hybridized carbons (Fsp3) is 0.385. The van der Waals surface area contributed by atoms with E-state index in [1.165, 1.54) is 4.90 Å². The highest BCUT2D eigenvalue weighted by molar-refractivity contribution is 5.94. The monoisotopic (exact) mass is 252 g/mol. The number of benzene rings is 1. The largest absolute Gasteiger partial charge is 0.335 e. The minimum Gasteiger partial charge on any atom is -0.335 e. The lowest BCUT2D eigenvalue weighted by atomic mass is 10.1. The van der Waals surface area contributed by atoms with Crippen molar-refractivity contribution in [2.24, 2.45) is 0 Å². The highest BCUT2D eigenvalue weighted by Gasteiger charge is 2.19. The molecule has 5 heteroatoms. The number of carbonyl (C=O) groups excluding carboxylic acids is 1. The van der Waals surface area contributed by atoms with Crippen LogP contribution < -0.4 is 0 Å². The van der Waals surface area contributed by atoms with E-state index in [-0.39, 0.29) is 24.6 Å². The predicted molar refractivity (Wildman–Crippen MR) is 62.8 cm³/mol. The Morgan fingerprint density at radius 1 is 1.33 bits per heavy atom. The van der Waals surface area contributed by atoms with Gasteiger partial charge in [-0.05, 0) is 26.0 Å². The second-order valence-electron chi connectivity index (χ2n) is 4.16. The molecule has 1 aromatic rings. The Balaban J connectivity index is 2.98. The summed E-state index contributed by atoms with van der Waals surface area (Å²) < 4.78 is 26.1. The van der Waals surface area contributed by atoms with Crippen molar-refractivity contribution in [1.82, 2.24) is 4.90 Å². The molecule has 0 aromatic heterocycles. The summed E-state index contributed by atoms with van der Waals surface area (Å²) in [6, 6.07) is 4.50. The molecule has 1 rings (SSSR count). The molecule has 18 heavy (non-hydrogen) atoms. The Kier molecular flexibility index (Phi) is 4.78. The second kappa shape index (κ2) is 6.10. The van der Waals surface area contributed by atoms with Gasteiger partial charge in [0.05, 0.1) is 12.5 Å². The van der Waals surface area contributed by atoms with E-state index in [1.807, 2.05) is 6.07 Å². The Hall–Kier alpha value is -1.96. The maximum absolute atomic E-state index is 13.0. The first-order chi connectivity index (χ1) is 8.45. The number of nitrogens with zero attached hydrogens (tertiary/aromatic N) is 2. The summed E-state index contributed by atoms with van der Waals surface area (Å²) in [5, 5.41) is 8.53. The smallest absolute Gasteiger partial charge is 0.254 e. The van der Waals surface area contributed by atoms with Gasteiger partial charge in [-0.1, -0.05) is 0 Å². The first kappa shape index (κ1) is 14.1. The van der Waals surface area contributed by atoms with Crippen molar-refractivity contribution < 1.29 is 13.6 Å². The van der Waals surface area contributed by atoms with Gasteiger partial charge >= 0.3 is 0 Å². The van der Waals surface area contributed by atoms with Gasteiger partial charge < -0.3 is 4.90 Å². The Bertz CT molecular complexity index is 460. The van der Waals surface area contributed by atoms with E-state index >= 15 is 0 Å². The molecule has 0 radical (unpaired) electrons. The molecular weight excluding hydrogens is 238 g/mol. The number of hydrogen-bond acceptors (Lipinski definition) is 2. The number of rotatable bonds is 4. The summed E-state index contributed by atoms with van der Waals surface area (Å²) in [6.07, 6.45) is 0.182. The molecule has 96 valence electrons. The summed E-state index contributed by atoms with van der Waals surface area (Å²) in [5.41, 5.74) is -0.0425. The van der Waals surface area contributed by atoms with Crippen LogP contribution in [0.4, 0.5) is 8.78 Å². The maximum atomic E-state index is 13.0. The minimum atomic E-state index is -0.790. The van der Waals surface area contributed by atoms with E-state index in [1.54, 1.807) is 13.8 Å². The highest BCUT2D eigenvalue weighted by Crippen LogP contribution is 2.13. The molecule has 1 aromatic carbocycles. The summed E-state index contributed by atoms with van der Waals surface area (Å²) in [6.45, 7) is 3.81. The molecule has 0 heterocycles. The van der Waals surface area contributed by atoms with Gasteiger partial charge in [-0.25, -0.2) is 8.78 Å². The van der Waals surface area contributed by atoms with Gasteiger partial charge in [0.15, 0.2) is 0 Å². The second-order valence-corrected chi connectivity index (χ2v) is 4.16. The van der Waals surface area contributed by atoms with Crippen LogP contribution in [0.1, 0.15) is 30.6 Å². The molecule has 0 saturated carbocycles. The summed E-state index contributed by atoms with van der Waals surface area (Å²) in [7, 11) is 0. The molecule has 0 aliphatic rings. The lowest BCUT2D eigenvalue weighted by Gasteiger charge is -2.25. The fourth-order valence-corrected chi connectivity index (χ4v) is 1.61. The normalized spacial score (nSPS) is 10.2. The molecule has 0 N–H and O–H groups in total. The van der Waals surface area contributed by atoms with Gasteiger partial charge in [0.2, 0.25) is 0 Å². The van der Waals surface area contributed by atoms with Crippen LogP contribution >= 0.6 is 0 Å². The fourth-order valence-electron chi connectivity index (χ4n) is 1.61. The Labute approximate surface area is 105 Å². The van der Waals surface area contributed by atoms with Gasteiger partial charge in [-0.3, -0.25) is 4.79 Å². The van der Waals surface area contributed by atoms with Crippen molar-refractivity contribution >= 4 is 5.91 Å². The van der Waals surface area contributed by atoms with Crippen molar-refractivity contribution in [2.75, 3.05) is 6.54 Å². The molecule has 0 atom stereocenters. The van der Waals surface area contributed by atoms with Crippen LogP contribution in [0.2, 0.25) is 0 Å². The van der Waals surface area contributed by atoms with E-state index in [2.05, 4.69) is 0 Å². The molecule has 0 aliphatic heterocycles. The topological polar surface area (TPSA) is 44.1 Å². The zero-order valence-corrected chi connectivity index (χ0v) is 10.3. The van der Waals surface area contributed by atoms with E-state index in [4.69, 9.17) is 5.26 Å². The SMILES string of the molecule is CC(C)N(CCC#N)C(=O)c1cc(F)cc(F)c1. The van der Waals surface area contributed by atoms with E-state index < -0.39 is 17.5 Å². The minimum absolute atomic E-state index is 0.0425. The lowest BCUT2D eigenvalue weighted by molar-refractivity contribution is 0.0709. The van der Waals surface area contributed by atoms with E-state index in [0.717, 1.165) is 12.1 Å². The molecule has 0 bridgehead atoms. The maximum Gasteiger partial charge on any atom is 0.254 e. The van der Waals surface area contributed by atoms with Crippen LogP contribution in [0.5, 0.6) is 0 Å². The third-order valence-corrected chi connectivity index (χ3v) is 2.46. The molecule has 1 amide bonds. The Morgan fingerprint density at radius 3 is 2.33 bits per heavy atom. The number of amides is 1. The van der Waals surface area contributed by atoms with Gasteiger partial charge in [-0.15, -0.1) is 0 Å². The van der Waals surface area contributed by atoms with Crippen LogP contribution in [0.25, 0.3) is 0 Å². The number of hydrogen-bond donors (Lipinski definition) is 0. The predicted octanol–water partition coefficient (Wildman–Crippen LogP) is 2.73. The number of nitriles is 1. The first-order valence-electron chi connectivity index (χ1n) is 5.59. The summed E-state index contributed by atoms with van der Waals surface area (Å²) in [4.78, 5) is 13.5. The number of halogens is 2. The zero-order valence-electron chi connectivity index (χ0n) is 10.3. The lowest BCUT2D eigenvalue weighted by Crippen LogP contribution is -2.37. The van der Waals surface area contributed by atoms with Crippen molar-refractivity contribution in [3.8, 4) is 6.07 Å². The zero-order chi connectivity index (χ0) is 13.7. The van der Waals surface area contributed by atoms with E-state index in [0.29, 0.717) is 6.07 Å². The van der Waals surface area contributed by atoms with Gasteiger partial charge in [0.1, 0.15) is 11.6 Å².